The summed E-state index contributed by atoms with van der Waals surface area (Å²) >= 11 is 5.19. The Hall–Kier alpha value is -1.89. The Balaban J connectivity index is 1.49. The highest BCUT2D eigenvalue weighted by atomic mass is 79.9. The molecule has 1 aromatic heterocycles. The molecule has 1 aliphatic carbocycles. The third-order valence-electron chi connectivity index (χ3n) is 5.97. The number of benzene rings is 2. The maximum atomic E-state index is 6.59. The predicted molar refractivity (Wildman–Crippen MR) is 122 cm³/mol. The number of aromatic nitrogens is 2. The van der Waals surface area contributed by atoms with Gasteiger partial charge >= 0.3 is 0 Å². The fourth-order valence-electron chi connectivity index (χ4n) is 4.47. The molecule has 0 saturated heterocycles. The molecule has 0 amide bonds. The van der Waals surface area contributed by atoms with E-state index in [9.17, 15) is 0 Å². The van der Waals surface area contributed by atoms with Crippen molar-refractivity contribution in [3.63, 3.8) is 0 Å². The van der Waals surface area contributed by atoms with Gasteiger partial charge in [0.25, 0.3) is 0 Å². The highest BCUT2D eigenvalue weighted by molar-refractivity contribution is 9.10. The van der Waals surface area contributed by atoms with Crippen molar-refractivity contribution < 1.29 is 9.47 Å². The van der Waals surface area contributed by atoms with Crippen LogP contribution in [0.15, 0.2) is 58.2 Å². The van der Waals surface area contributed by atoms with Gasteiger partial charge in [0, 0.05) is 10.9 Å². The van der Waals surface area contributed by atoms with Crippen LogP contribution in [0.25, 0.3) is 0 Å². The van der Waals surface area contributed by atoms with Crippen molar-refractivity contribution in [2.45, 2.75) is 49.7 Å². The van der Waals surface area contributed by atoms with E-state index in [0.717, 1.165) is 52.1 Å². The van der Waals surface area contributed by atoms with Crippen LogP contribution in [0.4, 0.5) is 0 Å². The monoisotopic (exact) mass is 482 g/mol. The van der Waals surface area contributed by atoms with Crippen molar-refractivity contribution in [3.05, 3.63) is 81.0 Å². The van der Waals surface area contributed by atoms with E-state index in [1.807, 2.05) is 24.5 Å². The molecule has 154 valence electrons. The molecule has 30 heavy (non-hydrogen) atoms. The maximum Gasteiger partial charge on any atom is 0.223 e. The number of fused-ring (bicyclic) bond motifs is 3. The van der Waals surface area contributed by atoms with Gasteiger partial charge in [0.05, 0.1) is 23.5 Å². The summed E-state index contributed by atoms with van der Waals surface area (Å²) in [6.45, 7) is 0.957. The van der Waals surface area contributed by atoms with Gasteiger partial charge in [0.15, 0.2) is 5.16 Å². The van der Waals surface area contributed by atoms with E-state index < -0.39 is 0 Å². The van der Waals surface area contributed by atoms with E-state index in [0.29, 0.717) is 19.1 Å². The van der Waals surface area contributed by atoms with Gasteiger partial charge in [-0.2, -0.15) is 4.98 Å². The lowest BCUT2D eigenvalue weighted by Crippen LogP contribution is -2.40. The quantitative estimate of drug-likeness (QED) is 0.344. The largest absolute Gasteiger partial charge is 0.472 e. The third-order valence-corrected chi connectivity index (χ3v) is 7.01. The first-order chi connectivity index (χ1) is 14.7. The first kappa shape index (κ1) is 20.0. The summed E-state index contributed by atoms with van der Waals surface area (Å²) in [5.74, 6) is 0.647. The van der Waals surface area contributed by atoms with Crippen LogP contribution < -0.4 is 4.74 Å². The zero-order valence-electron chi connectivity index (χ0n) is 16.9. The molecule has 5 rings (SSSR count). The molecule has 0 N–H and O–H groups in total. The molecule has 0 radical (unpaired) electrons. The fraction of sp³-hybridized carbons (Fsp3) is 0.333. The Morgan fingerprint density at radius 3 is 2.87 bits per heavy atom. The Bertz CT molecular complexity index is 1080. The molecule has 1 atom stereocenters. The molecule has 1 spiro atoms. The van der Waals surface area contributed by atoms with Gasteiger partial charge < -0.3 is 9.47 Å². The average molecular weight is 483 g/mol. The molecular weight excluding hydrogens is 460 g/mol. The number of ether oxygens (including phenoxy) is 2. The zero-order valence-corrected chi connectivity index (χ0v) is 19.3. The van der Waals surface area contributed by atoms with Gasteiger partial charge in [0.2, 0.25) is 5.88 Å². The van der Waals surface area contributed by atoms with Crippen LogP contribution in [0.2, 0.25) is 0 Å². The number of rotatable bonds is 4. The second-order valence-electron chi connectivity index (χ2n) is 7.83. The summed E-state index contributed by atoms with van der Waals surface area (Å²) in [6.07, 6.45) is 6.00. The number of aryl methyl sites for hydroxylation is 1. The van der Waals surface area contributed by atoms with Crippen molar-refractivity contribution in [1.29, 1.82) is 0 Å². The van der Waals surface area contributed by atoms with Crippen LogP contribution in [0, 0.1) is 0 Å². The molecule has 1 aliphatic heterocycles. The number of nitrogens with zero attached hydrogens (tertiary/aromatic N) is 2. The smallest absolute Gasteiger partial charge is 0.223 e. The van der Waals surface area contributed by atoms with Crippen molar-refractivity contribution >= 4 is 27.7 Å². The topological polar surface area (TPSA) is 44.2 Å². The van der Waals surface area contributed by atoms with Gasteiger partial charge in [-0.05, 0) is 54.3 Å². The van der Waals surface area contributed by atoms with Crippen LogP contribution in [0.3, 0.4) is 0 Å². The van der Waals surface area contributed by atoms with Crippen LogP contribution in [-0.2, 0) is 36.4 Å². The van der Waals surface area contributed by atoms with Crippen molar-refractivity contribution in [1.82, 2.24) is 9.97 Å². The lowest BCUT2D eigenvalue weighted by atomic mass is 9.75. The van der Waals surface area contributed by atoms with Crippen molar-refractivity contribution in [3.8, 4) is 5.88 Å². The Morgan fingerprint density at radius 2 is 2.03 bits per heavy atom. The maximum absolute atomic E-state index is 6.59. The zero-order chi connectivity index (χ0) is 20.6. The van der Waals surface area contributed by atoms with Crippen molar-refractivity contribution in [2.24, 2.45) is 0 Å². The fourth-order valence-corrected chi connectivity index (χ4v) is 5.21. The highest BCUT2D eigenvalue weighted by Gasteiger charge is 2.42. The second kappa shape index (κ2) is 8.33. The molecule has 2 heterocycles. The van der Waals surface area contributed by atoms with Gasteiger partial charge in [-0.3, -0.25) is 0 Å². The summed E-state index contributed by atoms with van der Waals surface area (Å²) < 4.78 is 13.8. The van der Waals surface area contributed by atoms with E-state index >= 15 is 0 Å². The molecule has 4 nitrogen and oxygen atoms in total. The average Bonchev–Trinajstić information content (AvgIpc) is 2.78. The van der Waals surface area contributed by atoms with E-state index in [4.69, 9.17) is 14.5 Å². The van der Waals surface area contributed by atoms with Crippen LogP contribution >= 0.6 is 27.7 Å². The number of halogens is 1. The summed E-state index contributed by atoms with van der Waals surface area (Å²) in [5, 5.41) is 0.749. The van der Waals surface area contributed by atoms with Crippen LogP contribution in [0.1, 0.15) is 40.8 Å². The Kier molecular flexibility index (Phi) is 5.56. The first-order valence-corrected chi connectivity index (χ1v) is 12.2. The van der Waals surface area contributed by atoms with E-state index in [2.05, 4.69) is 51.2 Å². The predicted octanol–water partition coefficient (Wildman–Crippen LogP) is 5.84. The Labute approximate surface area is 189 Å². The van der Waals surface area contributed by atoms with Gasteiger partial charge in [-0.15, -0.1) is 0 Å². The summed E-state index contributed by atoms with van der Waals surface area (Å²) in [5.41, 5.74) is 5.52. The number of thioether (sulfide) groups is 1. The molecule has 0 bridgehead atoms. The van der Waals surface area contributed by atoms with E-state index in [-0.39, 0.29) is 5.60 Å². The summed E-state index contributed by atoms with van der Waals surface area (Å²) in [7, 11) is 0. The molecule has 0 saturated carbocycles. The van der Waals surface area contributed by atoms with Crippen LogP contribution in [0.5, 0.6) is 5.88 Å². The Morgan fingerprint density at radius 1 is 1.17 bits per heavy atom. The molecule has 0 fully saturated rings. The minimum absolute atomic E-state index is 0.314. The third kappa shape index (κ3) is 3.77. The van der Waals surface area contributed by atoms with Gasteiger partial charge in [0.1, 0.15) is 6.61 Å². The molecule has 6 heteroatoms. The number of hydrogen-bond donors (Lipinski definition) is 0. The minimum atomic E-state index is -0.314. The molecule has 3 aromatic rings. The van der Waals surface area contributed by atoms with Gasteiger partial charge in [-0.1, -0.05) is 64.1 Å². The molecular formula is C24H23BrN2O2S. The number of hydrogen-bond acceptors (Lipinski definition) is 5. The normalized spacial score (nSPS) is 19.9. The van der Waals surface area contributed by atoms with Crippen molar-refractivity contribution in [2.75, 3.05) is 6.26 Å². The SMILES string of the molecule is CSc1nc2c(c(OCc3ccccc3)n1)COC1(CCCc3ccc(Br)cc31)C2. The van der Waals surface area contributed by atoms with Crippen LogP contribution in [-0.4, -0.2) is 16.2 Å². The highest BCUT2D eigenvalue weighted by Crippen LogP contribution is 2.46. The first-order valence-electron chi connectivity index (χ1n) is 10.2. The lowest BCUT2D eigenvalue weighted by molar-refractivity contribution is -0.0868. The minimum Gasteiger partial charge on any atom is -0.472 e. The molecule has 2 aromatic carbocycles. The lowest BCUT2D eigenvalue weighted by Gasteiger charge is -2.42. The standard InChI is InChI=1S/C24H23BrN2O2S/c1-30-23-26-21-13-24(11-5-8-17-9-10-18(25)12-20(17)24)29-15-19(21)22(27-23)28-14-16-6-3-2-4-7-16/h2-4,6-7,9-10,12H,5,8,11,13-15H2,1H3. The van der Waals surface area contributed by atoms with E-state index in [1.54, 1.807) is 11.8 Å². The summed E-state index contributed by atoms with van der Waals surface area (Å²) in [6, 6.07) is 16.7. The molecule has 1 unspecified atom stereocenters. The summed E-state index contributed by atoms with van der Waals surface area (Å²) in [4.78, 5) is 9.53. The van der Waals surface area contributed by atoms with Gasteiger partial charge in [-0.25, -0.2) is 4.98 Å². The second-order valence-corrected chi connectivity index (χ2v) is 9.52. The van der Waals surface area contributed by atoms with E-state index in [1.165, 1.54) is 11.1 Å². The molecule has 2 aliphatic rings.